The normalized spacial score (nSPS) is 22.9. The second kappa shape index (κ2) is 7.14. The zero-order chi connectivity index (χ0) is 19.8. The van der Waals surface area contributed by atoms with Crippen molar-refractivity contribution in [1.82, 2.24) is 4.90 Å². The van der Waals surface area contributed by atoms with Gasteiger partial charge < -0.3 is 14.7 Å². The van der Waals surface area contributed by atoms with Crippen molar-refractivity contribution >= 4 is 11.9 Å². The van der Waals surface area contributed by atoms with Crippen LogP contribution in [0.4, 0.5) is 13.2 Å². The molecule has 5 nitrogen and oxygen atoms in total. The molecule has 8 heteroatoms. The van der Waals surface area contributed by atoms with Gasteiger partial charge in [0.2, 0.25) is 5.91 Å². The van der Waals surface area contributed by atoms with Crippen LogP contribution in [0, 0.1) is 11.8 Å². The topological polar surface area (TPSA) is 66.8 Å². The molecule has 1 aromatic rings. The first-order valence-electron chi connectivity index (χ1n) is 8.99. The van der Waals surface area contributed by atoms with Crippen LogP contribution in [0.5, 0.6) is 5.75 Å². The molecule has 0 bridgehead atoms. The van der Waals surface area contributed by atoms with E-state index >= 15 is 0 Å². The van der Waals surface area contributed by atoms with Gasteiger partial charge in [0, 0.05) is 19.0 Å². The molecule has 0 radical (unpaired) electrons. The smallest absolute Gasteiger partial charge is 0.421 e. The Balaban J connectivity index is 1.61. The van der Waals surface area contributed by atoms with Gasteiger partial charge >= 0.3 is 12.1 Å². The zero-order valence-electron chi connectivity index (χ0n) is 15.0. The van der Waals surface area contributed by atoms with Gasteiger partial charge in [-0.3, -0.25) is 9.59 Å². The zero-order valence-corrected chi connectivity index (χ0v) is 15.0. The van der Waals surface area contributed by atoms with Crippen molar-refractivity contribution < 1.29 is 32.6 Å². The first kappa shape index (κ1) is 19.7. The predicted molar refractivity (Wildman–Crippen MR) is 89.7 cm³/mol. The molecule has 1 saturated heterocycles. The van der Waals surface area contributed by atoms with Gasteiger partial charge in [-0.2, -0.15) is 13.2 Å². The first-order chi connectivity index (χ1) is 12.6. The second-order valence-corrected chi connectivity index (χ2v) is 7.41. The fourth-order valence-electron chi connectivity index (χ4n) is 3.17. The molecule has 1 aliphatic heterocycles. The molecule has 1 aliphatic carbocycles. The molecule has 1 heterocycles. The maximum absolute atomic E-state index is 12.9. The number of esters is 1. The van der Waals surface area contributed by atoms with Gasteiger partial charge in [0.1, 0.15) is 5.75 Å². The molecule has 27 heavy (non-hydrogen) atoms. The van der Waals surface area contributed by atoms with Crippen LogP contribution < -0.4 is 4.74 Å². The van der Waals surface area contributed by atoms with E-state index in [1.807, 2.05) is 0 Å². The molecule has 3 rings (SSSR count). The van der Waals surface area contributed by atoms with Gasteiger partial charge in [-0.05, 0) is 50.3 Å². The van der Waals surface area contributed by atoms with Gasteiger partial charge in [0.05, 0.1) is 5.92 Å². The van der Waals surface area contributed by atoms with Crippen LogP contribution in [0.15, 0.2) is 24.3 Å². The minimum absolute atomic E-state index is 0.0891. The van der Waals surface area contributed by atoms with Crippen LogP contribution in [0.3, 0.4) is 0 Å². The molecule has 2 unspecified atom stereocenters. The average Bonchev–Trinajstić information content (AvgIpc) is 3.46. The first-order valence-corrected chi connectivity index (χ1v) is 8.99. The Morgan fingerprint density at radius 3 is 2.30 bits per heavy atom. The van der Waals surface area contributed by atoms with E-state index in [1.165, 1.54) is 12.1 Å². The Kier molecular flexibility index (Phi) is 5.20. The summed E-state index contributed by atoms with van der Waals surface area (Å²) in [5.41, 5.74) is -3.32. The number of hydrogen-bond donors (Lipinski definition) is 1. The number of likely N-dealkylation sites (tertiary alicyclic amines) is 1. The molecule has 148 valence electrons. The third-order valence-electron chi connectivity index (χ3n) is 5.18. The number of hydrogen-bond acceptors (Lipinski definition) is 4. The highest BCUT2D eigenvalue weighted by molar-refractivity contribution is 5.82. The molecular formula is C19H22F3NO4. The van der Waals surface area contributed by atoms with Crippen LogP contribution in [0.1, 0.15) is 38.2 Å². The van der Waals surface area contributed by atoms with Gasteiger partial charge in [0.25, 0.3) is 0 Å². The number of nitrogens with zero attached hydrogens (tertiary/aromatic N) is 1. The standard InChI is InChI=1S/C19H22F3NO4/c1-18(26,19(20,21)22)14-6-8-15(9-7-14)27-17(25)13-3-2-10-23(11-13)16(24)12-4-5-12/h6-9,12-13,26H,2-5,10-11H2,1H3. The Labute approximate surface area is 155 Å². The highest BCUT2D eigenvalue weighted by Gasteiger charge is 2.51. The Morgan fingerprint density at radius 1 is 1.11 bits per heavy atom. The van der Waals surface area contributed by atoms with Crippen molar-refractivity contribution in [3.05, 3.63) is 29.8 Å². The SMILES string of the molecule is CC(O)(c1ccc(OC(=O)C2CCCN(C(=O)C3CC3)C2)cc1)C(F)(F)F. The van der Waals surface area contributed by atoms with Gasteiger partial charge in [-0.15, -0.1) is 0 Å². The van der Waals surface area contributed by atoms with E-state index < -0.39 is 23.7 Å². The van der Waals surface area contributed by atoms with Crippen molar-refractivity contribution in [2.45, 2.75) is 44.4 Å². The minimum Gasteiger partial charge on any atom is -0.426 e. The summed E-state index contributed by atoms with van der Waals surface area (Å²) in [6, 6.07) is 4.62. The van der Waals surface area contributed by atoms with Gasteiger partial charge in [-0.1, -0.05) is 12.1 Å². The van der Waals surface area contributed by atoms with Crippen LogP contribution in [-0.2, 0) is 15.2 Å². The number of piperidine rings is 1. The highest BCUT2D eigenvalue weighted by atomic mass is 19.4. The van der Waals surface area contributed by atoms with Crippen molar-refractivity contribution in [2.24, 2.45) is 11.8 Å². The summed E-state index contributed by atoms with van der Waals surface area (Å²) in [6.07, 6.45) is -1.69. The number of amides is 1. The number of carbonyl (C=O) groups is 2. The lowest BCUT2D eigenvalue weighted by atomic mass is 9.95. The van der Waals surface area contributed by atoms with Crippen molar-refractivity contribution in [3.63, 3.8) is 0 Å². The average molecular weight is 385 g/mol. The summed E-state index contributed by atoms with van der Waals surface area (Å²) in [5, 5.41) is 9.66. The molecule has 1 amide bonds. The summed E-state index contributed by atoms with van der Waals surface area (Å²) in [4.78, 5) is 26.2. The van der Waals surface area contributed by atoms with Gasteiger partial charge in [-0.25, -0.2) is 0 Å². The molecule has 2 fully saturated rings. The number of rotatable bonds is 4. The van der Waals surface area contributed by atoms with E-state index in [9.17, 15) is 27.9 Å². The summed E-state index contributed by atoms with van der Waals surface area (Å²) < 4.78 is 43.9. The summed E-state index contributed by atoms with van der Waals surface area (Å²) in [5.74, 6) is -0.662. The third kappa shape index (κ3) is 4.26. The quantitative estimate of drug-likeness (QED) is 0.639. The monoisotopic (exact) mass is 385 g/mol. The molecule has 0 aromatic heterocycles. The maximum Gasteiger partial charge on any atom is 0.421 e. The second-order valence-electron chi connectivity index (χ2n) is 7.41. The minimum atomic E-state index is -4.81. The van der Waals surface area contributed by atoms with Crippen LogP contribution in [-0.4, -0.2) is 41.1 Å². The van der Waals surface area contributed by atoms with E-state index in [2.05, 4.69) is 0 Å². The fourth-order valence-corrected chi connectivity index (χ4v) is 3.17. The number of benzene rings is 1. The Morgan fingerprint density at radius 2 is 1.74 bits per heavy atom. The fraction of sp³-hybridized carbons (Fsp3) is 0.579. The largest absolute Gasteiger partial charge is 0.426 e. The molecule has 1 saturated carbocycles. The summed E-state index contributed by atoms with van der Waals surface area (Å²) in [6.45, 7) is 1.62. The van der Waals surface area contributed by atoms with E-state index in [4.69, 9.17) is 4.74 Å². The van der Waals surface area contributed by atoms with Crippen LogP contribution >= 0.6 is 0 Å². The number of alkyl halides is 3. The van der Waals surface area contributed by atoms with Gasteiger partial charge in [0.15, 0.2) is 5.60 Å². The Bertz CT molecular complexity index is 711. The van der Waals surface area contributed by atoms with Crippen LogP contribution in [0.2, 0.25) is 0 Å². The van der Waals surface area contributed by atoms with Crippen molar-refractivity contribution in [1.29, 1.82) is 0 Å². The molecule has 1 aromatic carbocycles. The lowest BCUT2D eigenvalue weighted by Gasteiger charge is -2.31. The number of ether oxygens (including phenoxy) is 1. The summed E-state index contributed by atoms with van der Waals surface area (Å²) in [7, 11) is 0. The highest BCUT2D eigenvalue weighted by Crippen LogP contribution is 2.39. The number of carbonyl (C=O) groups excluding carboxylic acids is 2. The van der Waals surface area contributed by atoms with E-state index in [0.717, 1.165) is 25.0 Å². The molecule has 2 aliphatic rings. The number of halogens is 3. The third-order valence-corrected chi connectivity index (χ3v) is 5.18. The van der Waals surface area contributed by atoms with E-state index in [-0.39, 0.29) is 23.1 Å². The summed E-state index contributed by atoms with van der Waals surface area (Å²) >= 11 is 0. The molecule has 0 spiro atoms. The Hall–Kier alpha value is -2.09. The number of aliphatic hydroxyl groups is 1. The molecule has 1 N–H and O–H groups in total. The lowest BCUT2D eigenvalue weighted by Crippen LogP contribution is -2.44. The lowest BCUT2D eigenvalue weighted by molar-refractivity contribution is -0.258. The molecular weight excluding hydrogens is 363 g/mol. The van der Waals surface area contributed by atoms with Crippen molar-refractivity contribution in [3.8, 4) is 5.75 Å². The maximum atomic E-state index is 12.9. The van der Waals surface area contributed by atoms with Crippen LogP contribution in [0.25, 0.3) is 0 Å². The van der Waals surface area contributed by atoms with E-state index in [1.54, 1.807) is 4.90 Å². The van der Waals surface area contributed by atoms with E-state index in [0.29, 0.717) is 32.9 Å². The molecule has 2 atom stereocenters. The predicted octanol–water partition coefficient (Wildman–Crippen LogP) is 3.01. The van der Waals surface area contributed by atoms with Crippen molar-refractivity contribution in [2.75, 3.05) is 13.1 Å².